The Balaban J connectivity index is 1.25. The first-order valence-corrected chi connectivity index (χ1v) is 10.2. The Morgan fingerprint density at radius 1 is 1.30 bits per heavy atom. The van der Waals surface area contributed by atoms with Crippen LogP contribution in [0.2, 0.25) is 0 Å². The van der Waals surface area contributed by atoms with Crippen molar-refractivity contribution < 1.29 is 9.32 Å². The standard InChI is InChI=1S/C21H26N6O3/c1-14(19-23-21(29)25-24-19)22-20(28)18-12-17(30-26-18)13-27-9-7-16(8-10-27)11-15-5-3-2-4-6-15/h2-6,12,14,16H,7-11,13H2,1H3,(H,22,28)(H2,23,24,25,29). The van der Waals surface area contributed by atoms with E-state index in [0.717, 1.165) is 32.4 Å². The maximum atomic E-state index is 12.4. The van der Waals surface area contributed by atoms with Crippen LogP contribution in [-0.4, -0.2) is 44.2 Å². The molecule has 158 valence electrons. The van der Waals surface area contributed by atoms with E-state index in [0.29, 0.717) is 24.0 Å². The van der Waals surface area contributed by atoms with Gasteiger partial charge in [0.15, 0.2) is 17.3 Å². The Bertz CT molecular complexity index is 1020. The molecule has 2 aromatic heterocycles. The molecule has 1 amide bonds. The van der Waals surface area contributed by atoms with Gasteiger partial charge in [-0.2, -0.15) is 5.10 Å². The van der Waals surface area contributed by atoms with E-state index >= 15 is 0 Å². The quantitative estimate of drug-likeness (QED) is 0.548. The van der Waals surface area contributed by atoms with Crippen LogP contribution in [0.15, 0.2) is 45.7 Å². The van der Waals surface area contributed by atoms with Gasteiger partial charge < -0.3 is 9.84 Å². The van der Waals surface area contributed by atoms with Crippen LogP contribution >= 0.6 is 0 Å². The molecule has 1 saturated heterocycles. The minimum absolute atomic E-state index is 0.216. The lowest BCUT2D eigenvalue weighted by molar-refractivity contribution is 0.0928. The minimum Gasteiger partial charge on any atom is -0.359 e. The van der Waals surface area contributed by atoms with Gasteiger partial charge in [0.05, 0.1) is 12.6 Å². The summed E-state index contributed by atoms with van der Waals surface area (Å²) < 4.78 is 5.37. The molecule has 1 aromatic carbocycles. The number of likely N-dealkylation sites (tertiary alicyclic amines) is 1. The van der Waals surface area contributed by atoms with Crippen LogP contribution in [0.4, 0.5) is 0 Å². The van der Waals surface area contributed by atoms with E-state index in [2.05, 4.69) is 60.9 Å². The molecule has 1 aliphatic rings. The molecule has 0 radical (unpaired) electrons. The highest BCUT2D eigenvalue weighted by atomic mass is 16.5. The number of hydrogen-bond acceptors (Lipinski definition) is 6. The molecule has 0 saturated carbocycles. The maximum absolute atomic E-state index is 12.4. The molecule has 30 heavy (non-hydrogen) atoms. The van der Waals surface area contributed by atoms with Crippen molar-refractivity contribution in [2.75, 3.05) is 13.1 Å². The van der Waals surface area contributed by atoms with Crippen molar-refractivity contribution in [1.82, 2.24) is 30.6 Å². The van der Waals surface area contributed by atoms with Crippen LogP contribution < -0.4 is 11.0 Å². The first kappa shape index (κ1) is 20.1. The second-order valence-electron chi connectivity index (χ2n) is 7.85. The third-order valence-corrected chi connectivity index (χ3v) is 5.52. The summed E-state index contributed by atoms with van der Waals surface area (Å²) in [7, 11) is 0. The molecule has 0 spiro atoms. The molecule has 0 aliphatic carbocycles. The highest BCUT2D eigenvalue weighted by Crippen LogP contribution is 2.23. The van der Waals surface area contributed by atoms with Crippen molar-refractivity contribution in [3.8, 4) is 0 Å². The third-order valence-electron chi connectivity index (χ3n) is 5.52. The van der Waals surface area contributed by atoms with Crippen LogP contribution in [0, 0.1) is 5.92 Å². The van der Waals surface area contributed by atoms with Gasteiger partial charge in [0.1, 0.15) is 0 Å². The second kappa shape index (κ2) is 9.08. The van der Waals surface area contributed by atoms with Crippen molar-refractivity contribution in [1.29, 1.82) is 0 Å². The number of carbonyl (C=O) groups excluding carboxylic acids is 1. The highest BCUT2D eigenvalue weighted by molar-refractivity contribution is 5.92. The van der Waals surface area contributed by atoms with Gasteiger partial charge in [-0.1, -0.05) is 35.5 Å². The van der Waals surface area contributed by atoms with Gasteiger partial charge in [0, 0.05) is 6.07 Å². The van der Waals surface area contributed by atoms with Gasteiger partial charge in [-0.15, -0.1) is 0 Å². The molecule has 1 unspecified atom stereocenters. The van der Waals surface area contributed by atoms with Crippen LogP contribution in [0.5, 0.6) is 0 Å². The van der Waals surface area contributed by atoms with Crippen molar-refractivity contribution in [2.45, 2.75) is 38.8 Å². The number of piperidine rings is 1. The minimum atomic E-state index is -0.458. The Morgan fingerprint density at radius 3 is 2.77 bits per heavy atom. The average molecular weight is 410 g/mol. The lowest BCUT2D eigenvalue weighted by Crippen LogP contribution is -2.33. The molecule has 4 rings (SSSR count). The van der Waals surface area contributed by atoms with Gasteiger partial charge in [-0.25, -0.2) is 9.89 Å². The topological polar surface area (TPSA) is 120 Å². The number of amides is 1. The Morgan fingerprint density at radius 2 is 2.07 bits per heavy atom. The van der Waals surface area contributed by atoms with Gasteiger partial charge in [-0.3, -0.25) is 14.7 Å². The summed E-state index contributed by atoms with van der Waals surface area (Å²) in [5, 5.41) is 12.7. The lowest BCUT2D eigenvalue weighted by atomic mass is 9.90. The zero-order chi connectivity index (χ0) is 20.9. The fourth-order valence-corrected chi connectivity index (χ4v) is 3.84. The zero-order valence-corrected chi connectivity index (χ0v) is 16.9. The van der Waals surface area contributed by atoms with E-state index in [4.69, 9.17) is 4.52 Å². The summed E-state index contributed by atoms with van der Waals surface area (Å²) in [6.07, 6.45) is 3.42. The number of H-pyrrole nitrogens is 2. The van der Waals surface area contributed by atoms with Crippen molar-refractivity contribution in [2.24, 2.45) is 5.92 Å². The maximum Gasteiger partial charge on any atom is 0.340 e. The van der Waals surface area contributed by atoms with Crippen molar-refractivity contribution in [3.05, 3.63) is 69.7 Å². The summed E-state index contributed by atoms with van der Waals surface area (Å²) in [4.78, 5) is 28.4. The Labute approximate surface area is 173 Å². The van der Waals surface area contributed by atoms with Crippen LogP contribution in [-0.2, 0) is 13.0 Å². The number of nitrogens with one attached hydrogen (secondary N) is 3. The number of benzene rings is 1. The number of aromatic amines is 2. The number of carbonyl (C=O) groups is 1. The van der Waals surface area contributed by atoms with E-state index in [1.165, 1.54) is 5.56 Å². The Kier molecular flexibility index (Phi) is 6.08. The number of nitrogens with zero attached hydrogens (tertiary/aromatic N) is 3. The van der Waals surface area contributed by atoms with E-state index in [1.807, 2.05) is 0 Å². The lowest BCUT2D eigenvalue weighted by Gasteiger charge is -2.31. The molecular weight excluding hydrogens is 384 g/mol. The van der Waals surface area contributed by atoms with Crippen molar-refractivity contribution >= 4 is 5.91 Å². The normalized spacial score (nSPS) is 16.4. The molecule has 1 fully saturated rings. The van der Waals surface area contributed by atoms with Gasteiger partial charge >= 0.3 is 5.69 Å². The molecule has 3 heterocycles. The summed E-state index contributed by atoms with van der Waals surface area (Å²) in [5.74, 6) is 1.36. The second-order valence-corrected chi connectivity index (χ2v) is 7.85. The van der Waals surface area contributed by atoms with E-state index in [1.54, 1.807) is 13.0 Å². The van der Waals surface area contributed by atoms with E-state index in [9.17, 15) is 9.59 Å². The van der Waals surface area contributed by atoms with Crippen LogP contribution in [0.1, 0.15) is 53.4 Å². The SMILES string of the molecule is CC(NC(=O)c1cc(CN2CCC(Cc3ccccc3)CC2)on1)c1n[nH]c(=O)[nH]1. The molecule has 1 aliphatic heterocycles. The smallest absolute Gasteiger partial charge is 0.340 e. The predicted octanol–water partition coefficient (Wildman–Crippen LogP) is 2.03. The fourth-order valence-electron chi connectivity index (χ4n) is 3.84. The van der Waals surface area contributed by atoms with Gasteiger partial charge in [-0.05, 0) is 50.8 Å². The summed E-state index contributed by atoms with van der Waals surface area (Å²) in [6, 6.07) is 11.8. The monoisotopic (exact) mass is 410 g/mol. The molecule has 3 aromatic rings. The summed E-state index contributed by atoms with van der Waals surface area (Å²) in [6.45, 7) is 4.37. The van der Waals surface area contributed by atoms with E-state index in [-0.39, 0.29) is 11.6 Å². The molecule has 0 bridgehead atoms. The average Bonchev–Trinajstić information content (AvgIpc) is 3.39. The van der Waals surface area contributed by atoms with Crippen molar-refractivity contribution in [3.63, 3.8) is 0 Å². The molecule has 9 nitrogen and oxygen atoms in total. The molecule has 1 atom stereocenters. The first-order valence-electron chi connectivity index (χ1n) is 10.2. The predicted molar refractivity (Wildman–Crippen MR) is 110 cm³/mol. The van der Waals surface area contributed by atoms with E-state index < -0.39 is 11.7 Å². The summed E-state index contributed by atoms with van der Waals surface area (Å²) in [5.41, 5.74) is 1.20. The molecule has 3 N–H and O–H groups in total. The summed E-state index contributed by atoms with van der Waals surface area (Å²) >= 11 is 0. The van der Waals surface area contributed by atoms with Crippen LogP contribution in [0.25, 0.3) is 0 Å². The molecule has 9 heteroatoms. The number of aromatic nitrogens is 4. The van der Waals surface area contributed by atoms with Crippen LogP contribution in [0.3, 0.4) is 0 Å². The third kappa shape index (κ3) is 5.04. The molecular formula is C21H26N6O3. The Hall–Kier alpha value is -3.20. The number of hydrogen-bond donors (Lipinski definition) is 3. The first-order chi connectivity index (χ1) is 14.6. The van der Waals surface area contributed by atoms with Gasteiger partial charge in [0.25, 0.3) is 5.91 Å². The van der Waals surface area contributed by atoms with Gasteiger partial charge in [0.2, 0.25) is 0 Å². The zero-order valence-electron chi connectivity index (χ0n) is 16.9. The fraction of sp³-hybridized carbons (Fsp3) is 0.429. The largest absolute Gasteiger partial charge is 0.359 e. The number of rotatable bonds is 7. The highest BCUT2D eigenvalue weighted by Gasteiger charge is 2.22.